The van der Waals surface area contributed by atoms with Crippen molar-refractivity contribution in [3.63, 3.8) is 0 Å². The number of alkyl carbamates (subject to hydrolysis) is 1. The molecule has 2 fully saturated rings. The number of fused-ring (bicyclic) bond motifs is 1. The highest BCUT2D eigenvalue weighted by atomic mass is 16.6. The summed E-state index contributed by atoms with van der Waals surface area (Å²) in [6.45, 7) is 9.29. The molecule has 0 bridgehead atoms. The van der Waals surface area contributed by atoms with Crippen LogP contribution >= 0.6 is 0 Å². The molecule has 0 radical (unpaired) electrons. The van der Waals surface area contributed by atoms with Crippen LogP contribution in [0.2, 0.25) is 0 Å². The van der Waals surface area contributed by atoms with E-state index in [2.05, 4.69) is 29.8 Å². The van der Waals surface area contributed by atoms with Gasteiger partial charge in [-0.15, -0.1) is 0 Å². The summed E-state index contributed by atoms with van der Waals surface area (Å²) in [4.78, 5) is 54.2. The molecule has 0 aromatic heterocycles. The highest BCUT2D eigenvalue weighted by molar-refractivity contribution is 5.94. The molecule has 5 N–H and O–H groups in total. The van der Waals surface area contributed by atoms with Gasteiger partial charge in [-0.2, -0.15) is 0 Å². The zero-order chi connectivity index (χ0) is 32.3. The monoisotopic (exact) mass is 607 g/mol. The first-order valence-electron chi connectivity index (χ1n) is 15.7. The van der Waals surface area contributed by atoms with Crippen molar-refractivity contribution in [2.45, 2.75) is 96.5 Å². The van der Waals surface area contributed by atoms with Gasteiger partial charge in [-0.1, -0.05) is 80.9 Å². The van der Waals surface area contributed by atoms with E-state index in [1.165, 1.54) is 6.42 Å². The van der Waals surface area contributed by atoms with Crippen molar-refractivity contribution in [3.8, 4) is 0 Å². The molecule has 2 heterocycles. The van der Waals surface area contributed by atoms with Crippen LogP contribution in [-0.2, 0) is 19.1 Å². The maximum atomic E-state index is 14.0. The van der Waals surface area contributed by atoms with E-state index in [-0.39, 0.29) is 42.9 Å². The molecule has 240 valence electrons. The fraction of sp³-hybridized carbons (Fsp3) is 0.529. The van der Waals surface area contributed by atoms with Gasteiger partial charge in [0, 0.05) is 12.0 Å². The molecule has 4 atom stereocenters. The summed E-state index contributed by atoms with van der Waals surface area (Å²) in [7, 11) is 0. The number of nitrogens with one attached hydrogen (secondary N) is 3. The number of rotatable bonds is 8. The van der Waals surface area contributed by atoms with Crippen LogP contribution in [0, 0.1) is 5.92 Å². The van der Waals surface area contributed by atoms with E-state index in [1.807, 2.05) is 60.7 Å². The number of carbonyl (C=O) groups is 4. The molecule has 4 unspecified atom stereocenters. The van der Waals surface area contributed by atoms with Crippen LogP contribution in [0.25, 0.3) is 0 Å². The lowest BCUT2D eigenvalue weighted by Crippen LogP contribution is -2.58. The number of nitrogens with zero attached hydrogens (tertiary/aromatic N) is 1. The van der Waals surface area contributed by atoms with Crippen LogP contribution in [0.4, 0.5) is 4.79 Å². The summed E-state index contributed by atoms with van der Waals surface area (Å²) in [5.41, 5.74) is 7.21. The van der Waals surface area contributed by atoms with Gasteiger partial charge in [-0.05, 0) is 64.1 Å². The molecule has 10 nitrogen and oxygen atoms in total. The van der Waals surface area contributed by atoms with Crippen LogP contribution in [0.1, 0.15) is 83.9 Å². The molecular weight excluding hydrogens is 558 g/mol. The van der Waals surface area contributed by atoms with E-state index >= 15 is 0 Å². The summed E-state index contributed by atoms with van der Waals surface area (Å²) in [6, 6.07) is 17.4. The van der Waals surface area contributed by atoms with Crippen molar-refractivity contribution in [3.05, 3.63) is 71.8 Å². The molecule has 2 aromatic carbocycles. The van der Waals surface area contributed by atoms with Crippen LogP contribution in [0.15, 0.2) is 60.7 Å². The third-order valence-corrected chi connectivity index (χ3v) is 7.63. The predicted octanol–water partition coefficient (Wildman–Crippen LogP) is 4.05. The van der Waals surface area contributed by atoms with Gasteiger partial charge >= 0.3 is 6.09 Å². The Morgan fingerprint density at radius 2 is 1.48 bits per heavy atom. The number of nitrogens with two attached hydrogens (primary N) is 1. The number of benzene rings is 2. The Kier molecular flexibility index (Phi) is 12.8. The second-order valence-electron chi connectivity index (χ2n) is 12.4. The molecule has 44 heavy (non-hydrogen) atoms. The van der Waals surface area contributed by atoms with Gasteiger partial charge in [0.1, 0.15) is 24.2 Å². The fourth-order valence-electron chi connectivity index (χ4n) is 5.71. The normalized spacial score (nSPS) is 21.3. The molecule has 2 aliphatic heterocycles. The second kappa shape index (κ2) is 16.2. The van der Waals surface area contributed by atoms with Crippen LogP contribution in [-0.4, -0.2) is 65.5 Å². The molecule has 0 aliphatic carbocycles. The van der Waals surface area contributed by atoms with Crippen molar-refractivity contribution < 1.29 is 23.9 Å². The van der Waals surface area contributed by atoms with Gasteiger partial charge in [0.05, 0.1) is 6.04 Å². The number of ether oxygens (including phenoxy) is 1. The third-order valence-electron chi connectivity index (χ3n) is 7.63. The van der Waals surface area contributed by atoms with E-state index < -0.39 is 29.7 Å². The lowest BCUT2D eigenvalue weighted by Gasteiger charge is -2.33. The molecule has 0 spiro atoms. The van der Waals surface area contributed by atoms with Crippen molar-refractivity contribution in [1.29, 1.82) is 0 Å². The van der Waals surface area contributed by atoms with Crippen molar-refractivity contribution in [2.75, 3.05) is 13.1 Å². The maximum absolute atomic E-state index is 14.0. The van der Waals surface area contributed by atoms with E-state index in [0.717, 1.165) is 11.1 Å². The molecule has 4 rings (SSSR count). The van der Waals surface area contributed by atoms with E-state index in [0.29, 0.717) is 25.7 Å². The molecular formula is C34H49N5O5. The Balaban J connectivity index is 0.00000169. The minimum Gasteiger partial charge on any atom is -0.444 e. The van der Waals surface area contributed by atoms with E-state index in [1.54, 1.807) is 25.7 Å². The Hall–Kier alpha value is -3.92. The number of hydrogen-bond donors (Lipinski definition) is 4. The fourth-order valence-corrected chi connectivity index (χ4v) is 5.71. The Morgan fingerprint density at radius 1 is 0.932 bits per heavy atom. The number of hydrogen-bond acceptors (Lipinski definition) is 6. The first kappa shape index (κ1) is 34.6. The third kappa shape index (κ3) is 9.54. The smallest absolute Gasteiger partial charge is 0.408 e. The van der Waals surface area contributed by atoms with Gasteiger partial charge in [-0.25, -0.2) is 4.79 Å². The van der Waals surface area contributed by atoms with Gasteiger partial charge < -0.3 is 31.3 Å². The summed E-state index contributed by atoms with van der Waals surface area (Å²) in [5.74, 6) is -1.37. The lowest BCUT2D eigenvalue weighted by atomic mass is 9.93. The van der Waals surface area contributed by atoms with E-state index in [4.69, 9.17) is 10.5 Å². The molecule has 2 aliphatic rings. The Labute approximate surface area is 261 Å². The zero-order valence-corrected chi connectivity index (χ0v) is 26.7. The zero-order valence-electron chi connectivity index (χ0n) is 26.7. The van der Waals surface area contributed by atoms with Gasteiger partial charge in [0.25, 0.3) is 0 Å². The minimum atomic E-state index is -0.898. The average molecular weight is 608 g/mol. The molecule has 10 heteroatoms. The topological polar surface area (TPSA) is 143 Å². The summed E-state index contributed by atoms with van der Waals surface area (Å²) < 4.78 is 5.18. The SMILES string of the molecule is CC(C)(C)OC(=O)NCC(=O)NC1C(=O)N2C(CCC1CN)CCC2C(=O)NC(c1ccccc1)c1ccccc1.CCC. The van der Waals surface area contributed by atoms with Gasteiger partial charge in [0.15, 0.2) is 0 Å². The second-order valence-corrected chi connectivity index (χ2v) is 12.4. The highest BCUT2D eigenvalue weighted by Crippen LogP contribution is 2.34. The first-order chi connectivity index (χ1) is 21.0. The first-order valence-corrected chi connectivity index (χ1v) is 15.7. The average Bonchev–Trinajstić information content (AvgIpc) is 3.37. The minimum absolute atomic E-state index is 0.110. The van der Waals surface area contributed by atoms with Crippen molar-refractivity contribution in [2.24, 2.45) is 11.7 Å². The van der Waals surface area contributed by atoms with Crippen LogP contribution < -0.4 is 21.7 Å². The largest absolute Gasteiger partial charge is 0.444 e. The molecule has 0 saturated carbocycles. The maximum Gasteiger partial charge on any atom is 0.408 e. The van der Waals surface area contributed by atoms with E-state index in [9.17, 15) is 19.2 Å². The molecule has 2 aromatic rings. The van der Waals surface area contributed by atoms with Gasteiger partial charge in [-0.3, -0.25) is 14.4 Å². The molecule has 2 saturated heterocycles. The quantitative estimate of drug-likeness (QED) is 0.357. The Bertz CT molecular complexity index is 1190. The standard InChI is InChI=1S/C31H41N5O5.C3H8/c1-31(2,3)41-30(40)33-19-25(37)34-27-22(18-32)14-15-23-16-17-24(36(23)29(27)39)28(38)35-26(20-10-6-4-7-11-20)21-12-8-5-9-13-21;1-3-2/h4-13,22-24,26-27H,14-19,32H2,1-3H3,(H,33,40)(H,34,37)(H,35,38);3H2,1-2H3. The number of amides is 4. The predicted molar refractivity (Wildman–Crippen MR) is 170 cm³/mol. The van der Waals surface area contributed by atoms with Crippen molar-refractivity contribution >= 4 is 23.8 Å². The summed E-state index contributed by atoms with van der Waals surface area (Å²) >= 11 is 0. The van der Waals surface area contributed by atoms with Crippen molar-refractivity contribution in [1.82, 2.24) is 20.9 Å². The Morgan fingerprint density at radius 3 is 2.00 bits per heavy atom. The lowest BCUT2D eigenvalue weighted by molar-refractivity contribution is -0.143. The van der Waals surface area contributed by atoms with Crippen LogP contribution in [0.5, 0.6) is 0 Å². The molecule has 4 amide bonds. The highest BCUT2D eigenvalue weighted by Gasteiger charge is 2.47. The van der Waals surface area contributed by atoms with Gasteiger partial charge in [0.2, 0.25) is 17.7 Å². The summed E-state index contributed by atoms with van der Waals surface area (Å²) in [6.07, 6.45) is 3.09. The van der Waals surface area contributed by atoms with Crippen LogP contribution in [0.3, 0.4) is 0 Å². The number of carbonyl (C=O) groups excluding carboxylic acids is 4. The summed E-state index contributed by atoms with van der Waals surface area (Å²) in [5, 5.41) is 8.40.